The van der Waals surface area contributed by atoms with Crippen LogP contribution >= 0.6 is 11.6 Å². The van der Waals surface area contributed by atoms with Gasteiger partial charge in [0.25, 0.3) is 5.91 Å². The fourth-order valence-corrected chi connectivity index (χ4v) is 2.87. The van der Waals surface area contributed by atoms with Crippen molar-refractivity contribution in [3.63, 3.8) is 0 Å². The van der Waals surface area contributed by atoms with Gasteiger partial charge in [-0.25, -0.2) is 4.98 Å². The van der Waals surface area contributed by atoms with Gasteiger partial charge >= 0.3 is 5.97 Å². The first-order valence-corrected chi connectivity index (χ1v) is 8.87. The number of hydrogen-bond donors (Lipinski definition) is 1. The van der Waals surface area contributed by atoms with Crippen molar-refractivity contribution < 1.29 is 14.3 Å². The predicted octanol–water partition coefficient (Wildman–Crippen LogP) is 3.98. The van der Waals surface area contributed by atoms with Crippen molar-refractivity contribution in [2.24, 2.45) is 0 Å². The third-order valence-corrected chi connectivity index (χ3v) is 4.72. The second kappa shape index (κ2) is 8.18. The Labute approximate surface area is 162 Å². The van der Waals surface area contributed by atoms with Crippen molar-refractivity contribution in [2.45, 2.75) is 20.5 Å². The van der Waals surface area contributed by atoms with E-state index in [1.54, 1.807) is 12.1 Å². The van der Waals surface area contributed by atoms with Crippen LogP contribution in [0, 0.1) is 13.8 Å². The first kappa shape index (κ1) is 18.9. The van der Waals surface area contributed by atoms with E-state index in [4.69, 9.17) is 16.3 Å². The normalized spacial score (nSPS) is 10.6. The van der Waals surface area contributed by atoms with Gasteiger partial charge in [0.15, 0.2) is 0 Å². The van der Waals surface area contributed by atoms with E-state index in [1.807, 2.05) is 50.2 Å². The van der Waals surface area contributed by atoms with E-state index in [0.717, 1.165) is 22.0 Å². The van der Waals surface area contributed by atoms with Crippen molar-refractivity contribution >= 4 is 34.4 Å². The lowest BCUT2D eigenvalue weighted by molar-refractivity contribution is -0.143. The number of aromatic nitrogens is 1. The third kappa shape index (κ3) is 4.44. The van der Waals surface area contributed by atoms with Gasteiger partial charge in [0.05, 0.1) is 16.2 Å². The molecule has 0 fully saturated rings. The molecule has 1 N–H and O–H groups in total. The molecule has 0 aliphatic carbocycles. The Morgan fingerprint density at radius 2 is 1.78 bits per heavy atom. The Balaban J connectivity index is 1.59. The number of carbonyl (C=O) groups is 2. The molecule has 138 valence electrons. The van der Waals surface area contributed by atoms with E-state index in [0.29, 0.717) is 16.3 Å². The summed E-state index contributed by atoms with van der Waals surface area (Å²) in [5, 5.41) is 3.98. The quantitative estimate of drug-likeness (QED) is 0.678. The van der Waals surface area contributed by atoms with E-state index in [9.17, 15) is 9.59 Å². The number of esters is 1. The summed E-state index contributed by atoms with van der Waals surface area (Å²) in [5.74, 6) is -0.885. The van der Waals surface area contributed by atoms with Crippen LogP contribution in [0.5, 0.6) is 0 Å². The van der Waals surface area contributed by atoms with Crippen LogP contribution in [0.25, 0.3) is 10.9 Å². The van der Waals surface area contributed by atoms with Crippen LogP contribution in [-0.2, 0) is 16.1 Å². The number of pyridine rings is 1. The number of fused-ring (bicyclic) bond motifs is 1. The van der Waals surface area contributed by atoms with Crippen LogP contribution in [0.2, 0.25) is 5.02 Å². The molecule has 0 saturated carbocycles. The molecule has 0 atom stereocenters. The molecule has 0 bridgehead atoms. The number of halogens is 1. The minimum atomic E-state index is -0.556. The van der Waals surface area contributed by atoms with Crippen LogP contribution in [0.3, 0.4) is 0 Å². The Hall–Kier alpha value is -2.92. The average Bonchev–Trinajstić information content (AvgIpc) is 2.68. The van der Waals surface area contributed by atoms with Gasteiger partial charge in [-0.15, -0.1) is 0 Å². The van der Waals surface area contributed by atoms with Crippen LogP contribution in [0.1, 0.15) is 27.2 Å². The zero-order valence-electron chi connectivity index (χ0n) is 15.1. The van der Waals surface area contributed by atoms with Crippen LogP contribution in [-0.4, -0.2) is 23.4 Å². The molecule has 0 aliphatic rings. The number of amides is 1. The Kier molecular flexibility index (Phi) is 5.72. The molecule has 6 heteroatoms. The van der Waals surface area contributed by atoms with Crippen molar-refractivity contribution in [3.05, 3.63) is 75.9 Å². The van der Waals surface area contributed by atoms with E-state index in [1.165, 1.54) is 0 Å². The van der Waals surface area contributed by atoms with E-state index in [-0.39, 0.29) is 19.1 Å². The minimum Gasteiger partial charge on any atom is -0.458 e. The maximum Gasteiger partial charge on any atom is 0.325 e. The molecule has 2 aromatic carbocycles. The molecule has 0 radical (unpaired) electrons. The summed E-state index contributed by atoms with van der Waals surface area (Å²) in [5.41, 5.74) is 3.72. The number of nitrogens with zero attached hydrogens (tertiary/aromatic N) is 1. The molecule has 5 nitrogen and oxygen atoms in total. The number of ether oxygens (including phenoxy) is 1. The SMILES string of the molecule is Cc1ccc(C(=O)NCC(=O)OCc2nc3ccccc3c(C)c2Cl)cc1. The minimum absolute atomic E-state index is 0.0518. The first-order valence-electron chi connectivity index (χ1n) is 8.50. The zero-order valence-corrected chi connectivity index (χ0v) is 15.8. The lowest BCUT2D eigenvalue weighted by atomic mass is 10.1. The van der Waals surface area contributed by atoms with Gasteiger partial charge in [0.1, 0.15) is 13.2 Å². The number of para-hydroxylation sites is 1. The average molecular weight is 383 g/mol. The summed E-state index contributed by atoms with van der Waals surface area (Å²) in [6.45, 7) is 3.56. The number of nitrogens with one attached hydrogen (secondary N) is 1. The molecule has 3 aromatic rings. The van der Waals surface area contributed by atoms with Gasteiger partial charge in [0.2, 0.25) is 0 Å². The molecular formula is C21H19ClN2O3. The Morgan fingerprint density at radius 3 is 2.52 bits per heavy atom. The van der Waals surface area contributed by atoms with Crippen molar-refractivity contribution in [2.75, 3.05) is 6.54 Å². The smallest absolute Gasteiger partial charge is 0.325 e. The number of carbonyl (C=O) groups excluding carboxylic acids is 2. The predicted molar refractivity (Wildman–Crippen MR) is 105 cm³/mol. The molecule has 3 rings (SSSR count). The molecule has 1 heterocycles. The number of rotatable bonds is 5. The largest absolute Gasteiger partial charge is 0.458 e. The third-order valence-electron chi connectivity index (χ3n) is 4.22. The second-order valence-electron chi connectivity index (χ2n) is 6.22. The molecule has 1 amide bonds. The lowest BCUT2D eigenvalue weighted by Crippen LogP contribution is -2.30. The summed E-state index contributed by atoms with van der Waals surface area (Å²) in [6.07, 6.45) is 0. The molecular weight excluding hydrogens is 364 g/mol. The van der Waals surface area contributed by atoms with E-state index in [2.05, 4.69) is 10.3 Å². The van der Waals surface area contributed by atoms with E-state index >= 15 is 0 Å². The molecule has 27 heavy (non-hydrogen) atoms. The first-order chi connectivity index (χ1) is 13.0. The summed E-state index contributed by atoms with van der Waals surface area (Å²) in [7, 11) is 0. The monoisotopic (exact) mass is 382 g/mol. The van der Waals surface area contributed by atoms with Crippen LogP contribution < -0.4 is 5.32 Å². The molecule has 0 spiro atoms. The number of aryl methyl sites for hydroxylation is 2. The highest BCUT2D eigenvalue weighted by Crippen LogP contribution is 2.27. The van der Waals surface area contributed by atoms with Gasteiger partial charge in [0, 0.05) is 10.9 Å². The zero-order chi connectivity index (χ0) is 19.4. The Morgan fingerprint density at radius 1 is 1.07 bits per heavy atom. The highest BCUT2D eigenvalue weighted by Gasteiger charge is 2.13. The topological polar surface area (TPSA) is 68.3 Å². The van der Waals surface area contributed by atoms with Crippen molar-refractivity contribution in [1.29, 1.82) is 0 Å². The molecule has 0 saturated heterocycles. The number of hydrogen-bond acceptors (Lipinski definition) is 4. The van der Waals surface area contributed by atoms with Gasteiger partial charge < -0.3 is 10.1 Å². The highest BCUT2D eigenvalue weighted by molar-refractivity contribution is 6.32. The van der Waals surface area contributed by atoms with Crippen molar-refractivity contribution in [1.82, 2.24) is 10.3 Å². The fourth-order valence-electron chi connectivity index (χ4n) is 2.67. The molecule has 0 unspecified atom stereocenters. The fraction of sp³-hybridized carbons (Fsp3) is 0.190. The standard InChI is InChI=1S/C21H19ClN2O3/c1-13-7-9-15(10-8-13)21(26)23-11-19(25)27-12-18-20(22)14(2)16-5-3-4-6-17(16)24-18/h3-10H,11-12H2,1-2H3,(H,23,26). The van der Waals surface area contributed by atoms with Gasteiger partial charge in [-0.1, -0.05) is 47.5 Å². The summed E-state index contributed by atoms with van der Waals surface area (Å²) in [4.78, 5) is 28.4. The van der Waals surface area contributed by atoms with Crippen LogP contribution in [0.15, 0.2) is 48.5 Å². The van der Waals surface area contributed by atoms with Gasteiger partial charge in [-0.05, 0) is 37.6 Å². The second-order valence-corrected chi connectivity index (χ2v) is 6.60. The van der Waals surface area contributed by atoms with Gasteiger partial charge in [-0.2, -0.15) is 0 Å². The van der Waals surface area contributed by atoms with Crippen LogP contribution in [0.4, 0.5) is 0 Å². The lowest BCUT2D eigenvalue weighted by Gasteiger charge is -2.11. The maximum absolute atomic E-state index is 12.0. The maximum atomic E-state index is 12.0. The summed E-state index contributed by atoms with van der Waals surface area (Å²) < 4.78 is 5.22. The Bertz CT molecular complexity index is 1000. The van der Waals surface area contributed by atoms with E-state index < -0.39 is 5.97 Å². The summed E-state index contributed by atoms with van der Waals surface area (Å²) >= 11 is 6.35. The van der Waals surface area contributed by atoms with Gasteiger partial charge in [-0.3, -0.25) is 9.59 Å². The van der Waals surface area contributed by atoms with Crippen molar-refractivity contribution in [3.8, 4) is 0 Å². The summed E-state index contributed by atoms with van der Waals surface area (Å²) in [6, 6.07) is 14.7. The number of benzene rings is 2. The highest BCUT2D eigenvalue weighted by atomic mass is 35.5. The molecule has 1 aromatic heterocycles. The molecule has 0 aliphatic heterocycles.